The van der Waals surface area contributed by atoms with E-state index < -0.39 is 0 Å². The number of nitrogens with one attached hydrogen (secondary N) is 1. The molecule has 1 saturated heterocycles. The first kappa shape index (κ1) is 20.9. The quantitative estimate of drug-likeness (QED) is 0.828. The number of likely N-dealkylation sites (tertiary alicyclic amines) is 1. The van der Waals surface area contributed by atoms with E-state index in [0.29, 0.717) is 13.1 Å². The van der Waals surface area contributed by atoms with Gasteiger partial charge in [0.05, 0.1) is 12.5 Å². The zero-order chi connectivity index (χ0) is 18.5. The minimum Gasteiger partial charge on any atom is -0.349 e. The first-order chi connectivity index (χ1) is 12.5. The van der Waals surface area contributed by atoms with Gasteiger partial charge < -0.3 is 16.0 Å². The van der Waals surface area contributed by atoms with E-state index >= 15 is 0 Å². The molecule has 1 unspecified atom stereocenters. The van der Waals surface area contributed by atoms with Gasteiger partial charge in [-0.2, -0.15) is 0 Å². The smallest absolute Gasteiger partial charge is 0.225 e. The lowest BCUT2D eigenvalue weighted by Gasteiger charge is -2.22. The van der Waals surface area contributed by atoms with Gasteiger partial charge in [-0.25, -0.2) is 0 Å². The molecule has 0 bridgehead atoms. The number of carbonyl (C=O) groups is 2. The van der Waals surface area contributed by atoms with Crippen molar-refractivity contribution >= 4 is 24.2 Å². The molecule has 0 saturated carbocycles. The van der Waals surface area contributed by atoms with Crippen LogP contribution in [0, 0.1) is 0 Å². The summed E-state index contributed by atoms with van der Waals surface area (Å²) in [5, 5.41) is 2.89. The number of benzene rings is 2. The zero-order valence-corrected chi connectivity index (χ0v) is 16.2. The van der Waals surface area contributed by atoms with Crippen LogP contribution in [0.5, 0.6) is 0 Å². The lowest BCUT2D eigenvalue weighted by molar-refractivity contribution is -0.131. The second-order valence-corrected chi connectivity index (χ2v) is 6.85. The third-order valence-corrected chi connectivity index (χ3v) is 4.90. The van der Waals surface area contributed by atoms with E-state index in [-0.39, 0.29) is 48.6 Å². The lowest BCUT2D eigenvalue weighted by atomic mass is 9.95. The fraction of sp³-hybridized carbons (Fsp3) is 0.333. The highest BCUT2D eigenvalue weighted by molar-refractivity contribution is 5.85. The molecule has 2 amide bonds. The molecule has 0 radical (unpaired) electrons. The summed E-state index contributed by atoms with van der Waals surface area (Å²) in [5.41, 5.74) is 8.39. The summed E-state index contributed by atoms with van der Waals surface area (Å²) in [4.78, 5) is 26.2. The van der Waals surface area contributed by atoms with E-state index in [1.165, 1.54) is 6.92 Å². The molecule has 1 aliphatic rings. The first-order valence-corrected chi connectivity index (χ1v) is 8.95. The molecule has 1 fully saturated rings. The molecular formula is C21H26ClN3O2. The van der Waals surface area contributed by atoms with Crippen LogP contribution in [0.15, 0.2) is 60.7 Å². The van der Waals surface area contributed by atoms with Crippen LogP contribution in [0.4, 0.5) is 0 Å². The number of rotatable bonds is 5. The standard InChI is InChI=1S/C21H25N3O2.ClH/c1-15(25)23-20(17-10-6-3-7-11-17)12-21(26)24-13-18(19(22)14-24)16-8-4-2-5-9-16;/h2-11,18-20H,12-14,22H2,1H3,(H,23,25);1H/t18-,19+,20?;/m0./s1. The molecule has 144 valence electrons. The highest BCUT2D eigenvalue weighted by Crippen LogP contribution is 2.28. The molecule has 1 aliphatic heterocycles. The van der Waals surface area contributed by atoms with Crippen LogP contribution in [-0.2, 0) is 9.59 Å². The van der Waals surface area contributed by atoms with Crippen LogP contribution in [0.3, 0.4) is 0 Å². The van der Waals surface area contributed by atoms with Crippen LogP contribution in [0.25, 0.3) is 0 Å². The van der Waals surface area contributed by atoms with Crippen LogP contribution in [-0.4, -0.2) is 35.8 Å². The molecule has 6 heteroatoms. The summed E-state index contributed by atoms with van der Waals surface area (Å²) in [6, 6.07) is 19.3. The van der Waals surface area contributed by atoms with Gasteiger partial charge in [-0.05, 0) is 11.1 Å². The Hall–Kier alpha value is -2.37. The molecule has 2 aromatic rings. The number of nitrogens with two attached hydrogens (primary N) is 1. The van der Waals surface area contributed by atoms with Crippen LogP contribution < -0.4 is 11.1 Å². The Kier molecular flexibility index (Phi) is 7.39. The fourth-order valence-electron chi connectivity index (χ4n) is 3.57. The van der Waals surface area contributed by atoms with Crippen molar-refractivity contribution in [3.63, 3.8) is 0 Å². The average Bonchev–Trinajstić information content (AvgIpc) is 3.04. The van der Waals surface area contributed by atoms with Crippen molar-refractivity contribution in [2.45, 2.75) is 31.3 Å². The third kappa shape index (κ3) is 5.31. The highest BCUT2D eigenvalue weighted by atomic mass is 35.5. The van der Waals surface area contributed by atoms with Crippen molar-refractivity contribution in [3.05, 3.63) is 71.8 Å². The maximum atomic E-state index is 12.9. The number of amides is 2. The maximum absolute atomic E-state index is 12.9. The Bertz CT molecular complexity index is 755. The predicted molar refractivity (Wildman–Crippen MR) is 109 cm³/mol. The number of nitrogens with zero attached hydrogens (tertiary/aromatic N) is 1. The summed E-state index contributed by atoms with van der Waals surface area (Å²) in [6.07, 6.45) is 0.234. The lowest BCUT2D eigenvalue weighted by Crippen LogP contribution is -2.36. The molecule has 0 aromatic heterocycles. The number of hydrogen-bond acceptors (Lipinski definition) is 3. The molecule has 27 heavy (non-hydrogen) atoms. The zero-order valence-electron chi connectivity index (χ0n) is 15.4. The second kappa shape index (κ2) is 9.53. The van der Waals surface area contributed by atoms with E-state index in [4.69, 9.17) is 5.73 Å². The second-order valence-electron chi connectivity index (χ2n) is 6.85. The van der Waals surface area contributed by atoms with Crippen LogP contribution in [0.1, 0.15) is 36.4 Å². The average molecular weight is 388 g/mol. The van der Waals surface area contributed by atoms with Crippen molar-refractivity contribution in [2.75, 3.05) is 13.1 Å². The van der Waals surface area contributed by atoms with E-state index in [0.717, 1.165) is 11.1 Å². The van der Waals surface area contributed by atoms with Gasteiger partial charge in [-0.15, -0.1) is 12.4 Å². The van der Waals surface area contributed by atoms with Gasteiger partial charge in [0.25, 0.3) is 0 Å². The summed E-state index contributed by atoms with van der Waals surface area (Å²) < 4.78 is 0. The number of hydrogen-bond donors (Lipinski definition) is 2. The van der Waals surface area contributed by atoms with Gasteiger partial charge in [0.1, 0.15) is 0 Å². The SMILES string of the molecule is CC(=O)NC(CC(=O)N1C[C@@H](N)[C@H](c2ccccc2)C1)c1ccccc1.Cl. The molecule has 3 atom stereocenters. The van der Waals surface area contributed by atoms with Crippen molar-refractivity contribution in [1.29, 1.82) is 0 Å². The molecule has 0 spiro atoms. The van der Waals surface area contributed by atoms with E-state index in [9.17, 15) is 9.59 Å². The highest BCUT2D eigenvalue weighted by Gasteiger charge is 2.34. The van der Waals surface area contributed by atoms with Crippen LogP contribution in [0.2, 0.25) is 0 Å². The van der Waals surface area contributed by atoms with Gasteiger partial charge in [0.15, 0.2) is 0 Å². The summed E-state index contributed by atoms with van der Waals surface area (Å²) >= 11 is 0. The van der Waals surface area contributed by atoms with Gasteiger partial charge in [0.2, 0.25) is 11.8 Å². The van der Waals surface area contributed by atoms with E-state index in [2.05, 4.69) is 17.4 Å². The Balaban J connectivity index is 0.00000261. The Labute approximate surface area is 166 Å². The summed E-state index contributed by atoms with van der Waals surface area (Å²) in [5.74, 6) is 0.0181. The van der Waals surface area contributed by atoms with Gasteiger partial charge in [0, 0.05) is 32.0 Å². The predicted octanol–water partition coefficient (Wildman–Crippen LogP) is 2.63. The monoisotopic (exact) mass is 387 g/mol. The molecular weight excluding hydrogens is 362 g/mol. The minimum atomic E-state index is -0.326. The van der Waals surface area contributed by atoms with Crippen molar-refractivity contribution < 1.29 is 9.59 Å². The Morgan fingerprint density at radius 3 is 2.26 bits per heavy atom. The van der Waals surface area contributed by atoms with E-state index in [1.807, 2.05) is 53.4 Å². The Morgan fingerprint density at radius 2 is 1.67 bits per heavy atom. The topological polar surface area (TPSA) is 75.4 Å². The molecule has 5 nitrogen and oxygen atoms in total. The van der Waals surface area contributed by atoms with Crippen molar-refractivity contribution in [2.24, 2.45) is 5.73 Å². The Morgan fingerprint density at radius 1 is 1.07 bits per heavy atom. The number of halogens is 1. The molecule has 2 aromatic carbocycles. The molecule has 3 rings (SSSR count). The molecule has 1 heterocycles. The van der Waals surface area contributed by atoms with E-state index in [1.54, 1.807) is 0 Å². The summed E-state index contributed by atoms with van der Waals surface area (Å²) in [7, 11) is 0. The van der Waals surface area contributed by atoms with Gasteiger partial charge in [-0.3, -0.25) is 9.59 Å². The van der Waals surface area contributed by atoms with Crippen molar-refractivity contribution in [1.82, 2.24) is 10.2 Å². The molecule has 0 aliphatic carbocycles. The van der Waals surface area contributed by atoms with Gasteiger partial charge in [-0.1, -0.05) is 60.7 Å². The van der Waals surface area contributed by atoms with Gasteiger partial charge >= 0.3 is 0 Å². The van der Waals surface area contributed by atoms with Crippen molar-refractivity contribution in [3.8, 4) is 0 Å². The molecule has 3 N–H and O–H groups in total. The fourth-order valence-corrected chi connectivity index (χ4v) is 3.57. The first-order valence-electron chi connectivity index (χ1n) is 8.95. The maximum Gasteiger partial charge on any atom is 0.225 e. The van der Waals surface area contributed by atoms with Crippen LogP contribution >= 0.6 is 12.4 Å². The normalized spacial score (nSPS) is 19.9. The minimum absolute atomic E-state index is 0. The summed E-state index contributed by atoms with van der Waals surface area (Å²) in [6.45, 7) is 2.63. The third-order valence-electron chi connectivity index (χ3n) is 4.90. The largest absolute Gasteiger partial charge is 0.349 e. The number of carbonyl (C=O) groups excluding carboxylic acids is 2.